The third-order valence-corrected chi connectivity index (χ3v) is 4.84. The van der Waals surface area contributed by atoms with E-state index in [-0.39, 0.29) is 12.0 Å². The van der Waals surface area contributed by atoms with Crippen LogP contribution in [0, 0.1) is 0 Å². The van der Waals surface area contributed by atoms with E-state index >= 15 is 0 Å². The summed E-state index contributed by atoms with van der Waals surface area (Å²) < 4.78 is 5.78. The van der Waals surface area contributed by atoms with Crippen molar-refractivity contribution in [2.24, 2.45) is 0 Å². The molecule has 0 aliphatic carbocycles. The molecule has 0 bridgehead atoms. The average Bonchev–Trinajstić information content (AvgIpc) is 2.57. The highest BCUT2D eigenvalue weighted by Gasteiger charge is 2.27. The molecule has 1 amide bonds. The lowest BCUT2D eigenvalue weighted by atomic mass is 10.1. The molecular weight excluding hydrogens is 357 g/mol. The van der Waals surface area contributed by atoms with E-state index < -0.39 is 0 Å². The monoisotopic (exact) mass is 369 g/mol. The minimum Gasteiger partial charge on any atom is -0.370 e. The molecule has 0 aromatic heterocycles. The van der Waals surface area contributed by atoms with Gasteiger partial charge >= 0.3 is 0 Å². The second-order valence-electron chi connectivity index (χ2n) is 5.26. The van der Waals surface area contributed by atoms with E-state index in [1.54, 1.807) is 41.3 Å². The molecule has 6 heteroatoms. The molecule has 0 saturated carbocycles. The quantitative estimate of drug-likeness (QED) is 0.755. The van der Waals surface area contributed by atoms with E-state index in [4.69, 9.17) is 39.5 Å². The Labute approximate surface area is 149 Å². The summed E-state index contributed by atoms with van der Waals surface area (Å²) in [7, 11) is 0. The van der Waals surface area contributed by atoms with Crippen LogP contribution in [0.25, 0.3) is 0 Å². The standard InChI is InChI=1S/C17H14Cl3NO2/c18-13-4-2-1-3-12(13)17(22)21-7-8-23-16(10-21)11-5-6-14(19)15(20)9-11/h1-6,9,16H,7-8,10H2/t16-/m1/s1. The van der Waals surface area contributed by atoms with Crippen LogP contribution in [0.2, 0.25) is 15.1 Å². The lowest BCUT2D eigenvalue weighted by Crippen LogP contribution is -2.42. The summed E-state index contributed by atoms with van der Waals surface area (Å²) in [5, 5.41) is 1.42. The Kier molecular flexibility index (Phi) is 5.12. The molecule has 3 nitrogen and oxygen atoms in total. The molecule has 23 heavy (non-hydrogen) atoms. The van der Waals surface area contributed by atoms with Crippen LogP contribution < -0.4 is 0 Å². The third kappa shape index (κ3) is 3.64. The van der Waals surface area contributed by atoms with Gasteiger partial charge in [0.25, 0.3) is 5.91 Å². The van der Waals surface area contributed by atoms with Gasteiger partial charge in [0.1, 0.15) is 6.10 Å². The van der Waals surface area contributed by atoms with Crippen LogP contribution in [0.4, 0.5) is 0 Å². The van der Waals surface area contributed by atoms with Crippen LogP contribution >= 0.6 is 34.8 Å². The average molecular weight is 371 g/mol. The maximum absolute atomic E-state index is 12.7. The summed E-state index contributed by atoms with van der Waals surface area (Å²) >= 11 is 18.1. The van der Waals surface area contributed by atoms with Crippen molar-refractivity contribution in [1.82, 2.24) is 4.90 Å². The summed E-state index contributed by atoms with van der Waals surface area (Å²) in [6.07, 6.45) is -0.232. The van der Waals surface area contributed by atoms with Crippen molar-refractivity contribution in [3.8, 4) is 0 Å². The predicted molar refractivity (Wildman–Crippen MR) is 92.5 cm³/mol. The zero-order chi connectivity index (χ0) is 16.4. The van der Waals surface area contributed by atoms with Crippen LogP contribution in [0.15, 0.2) is 42.5 Å². The molecule has 1 saturated heterocycles. The Balaban J connectivity index is 1.79. The number of benzene rings is 2. The minimum atomic E-state index is -0.232. The van der Waals surface area contributed by atoms with Crippen LogP contribution in [-0.2, 0) is 4.74 Å². The number of hydrogen-bond acceptors (Lipinski definition) is 2. The maximum atomic E-state index is 12.7. The van der Waals surface area contributed by atoms with E-state index in [1.165, 1.54) is 0 Å². The molecule has 0 unspecified atom stereocenters. The molecule has 120 valence electrons. The molecule has 0 N–H and O–H groups in total. The van der Waals surface area contributed by atoms with Gasteiger partial charge in [0.05, 0.1) is 33.8 Å². The maximum Gasteiger partial charge on any atom is 0.255 e. The molecule has 1 fully saturated rings. The summed E-state index contributed by atoms with van der Waals surface area (Å²) in [6, 6.07) is 12.4. The first-order valence-electron chi connectivity index (χ1n) is 7.16. The zero-order valence-corrected chi connectivity index (χ0v) is 14.4. The second kappa shape index (κ2) is 7.10. The van der Waals surface area contributed by atoms with E-state index in [2.05, 4.69) is 0 Å². The minimum absolute atomic E-state index is 0.0936. The van der Waals surface area contributed by atoms with Crippen molar-refractivity contribution in [2.45, 2.75) is 6.10 Å². The number of carbonyl (C=O) groups is 1. The van der Waals surface area contributed by atoms with Gasteiger partial charge in [-0.05, 0) is 29.8 Å². The Morgan fingerprint density at radius 3 is 2.57 bits per heavy atom. The van der Waals surface area contributed by atoms with Gasteiger partial charge in [-0.25, -0.2) is 0 Å². The Hall–Kier alpha value is -1.26. The van der Waals surface area contributed by atoms with E-state index in [0.717, 1.165) is 5.56 Å². The number of amides is 1. The topological polar surface area (TPSA) is 29.5 Å². The van der Waals surface area contributed by atoms with Gasteiger partial charge in [0, 0.05) is 6.54 Å². The highest BCUT2D eigenvalue weighted by atomic mass is 35.5. The lowest BCUT2D eigenvalue weighted by molar-refractivity contribution is -0.0228. The van der Waals surface area contributed by atoms with Gasteiger partial charge in [-0.1, -0.05) is 53.0 Å². The molecule has 1 atom stereocenters. The molecule has 0 spiro atoms. The molecule has 1 aliphatic rings. The molecular formula is C17H14Cl3NO2. The molecule has 3 rings (SSSR count). The first-order chi connectivity index (χ1) is 11.1. The van der Waals surface area contributed by atoms with Crippen molar-refractivity contribution in [2.75, 3.05) is 19.7 Å². The van der Waals surface area contributed by atoms with Crippen molar-refractivity contribution in [3.05, 3.63) is 68.7 Å². The van der Waals surface area contributed by atoms with E-state index in [1.807, 2.05) is 6.07 Å². The van der Waals surface area contributed by atoms with Crippen LogP contribution in [0.3, 0.4) is 0 Å². The number of ether oxygens (including phenoxy) is 1. The Bertz CT molecular complexity index is 736. The smallest absolute Gasteiger partial charge is 0.255 e. The molecule has 2 aromatic rings. The fraction of sp³-hybridized carbons (Fsp3) is 0.235. The molecule has 0 radical (unpaired) electrons. The fourth-order valence-corrected chi connectivity index (χ4v) is 3.08. The number of hydrogen-bond donors (Lipinski definition) is 0. The van der Waals surface area contributed by atoms with E-state index in [0.29, 0.717) is 40.3 Å². The van der Waals surface area contributed by atoms with Gasteiger partial charge < -0.3 is 9.64 Å². The number of halogens is 3. The Morgan fingerprint density at radius 1 is 1.04 bits per heavy atom. The van der Waals surface area contributed by atoms with Gasteiger partial charge in [-0.2, -0.15) is 0 Å². The van der Waals surface area contributed by atoms with Crippen molar-refractivity contribution in [3.63, 3.8) is 0 Å². The van der Waals surface area contributed by atoms with Crippen molar-refractivity contribution < 1.29 is 9.53 Å². The highest BCUT2D eigenvalue weighted by molar-refractivity contribution is 6.42. The van der Waals surface area contributed by atoms with Gasteiger partial charge in [-0.3, -0.25) is 4.79 Å². The van der Waals surface area contributed by atoms with E-state index in [9.17, 15) is 4.79 Å². The molecule has 2 aromatic carbocycles. The largest absolute Gasteiger partial charge is 0.370 e. The number of nitrogens with zero attached hydrogens (tertiary/aromatic N) is 1. The summed E-state index contributed by atoms with van der Waals surface area (Å²) in [5.41, 5.74) is 1.40. The number of rotatable bonds is 2. The van der Waals surface area contributed by atoms with Crippen LogP contribution in [0.1, 0.15) is 22.0 Å². The molecule has 1 aliphatic heterocycles. The van der Waals surface area contributed by atoms with Crippen LogP contribution in [0.5, 0.6) is 0 Å². The highest BCUT2D eigenvalue weighted by Crippen LogP contribution is 2.30. The molecule has 1 heterocycles. The van der Waals surface area contributed by atoms with Crippen molar-refractivity contribution >= 4 is 40.7 Å². The first kappa shape index (κ1) is 16.6. The summed E-state index contributed by atoms with van der Waals surface area (Å²) in [4.78, 5) is 14.4. The zero-order valence-electron chi connectivity index (χ0n) is 12.1. The summed E-state index contributed by atoms with van der Waals surface area (Å²) in [6.45, 7) is 1.44. The summed E-state index contributed by atoms with van der Waals surface area (Å²) in [5.74, 6) is -0.0936. The third-order valence-electron chi connectivity index (χ3n) is 3.77. The van der Waals surface area contributed by atoms with Gasteiger partial charge in [0.2, 0.25) is 0 Å². The number of carbonyl (C=O) groups excluding carboxylic acids is 1. The normalized spacial score (nSPS) is 18.0. The fourth-order valence-electron chi connectivity index (χ4n) is 2.55. The second-order valence-corrected chi connectivity index (χ2v) is 6.49. The predicted octanol–water partition coefficient (Wildman–Crippen LogP) is 4.86. The van der Waals surface area contributed by atoms with Gasteiger partial charge in [0.15, 0.2) is 0 Å². The van der Waals surface area contributed by atoms with Crippen LogP contribution in [-0.4, -0.2) is 30.5 Å². The Morgan fingerprint density at radius 2 is 1.83 bits per heavy atom. The van der Waals surface area contributed by atoms with Crippen molar-refractivity contribution in [1.29, 1.82) is 0 Å². The van der Waals surface area contributed by atoms with Gasteiger partial charge in [-0.15, -0.1) is 0 Å². The number of morpholine rings is 1. The SMILES string of the molecule is O=C(c1ccccc1Cl)N1CCO[C@@H](c2ccc(Cl)c(Cl)c2)C1. The lowest BCUT2D eigenvalue weighted by Gasteiger charge is -2.33. The first-order valence-corrected chi connectivity index (χ1v) is 8.30.